The molecule has 3 nitrogen and oxygen atoms in total. The van der Waals surface area contributed by atoms with Gasteiger partial charge in [0.1, 0.15) is 0 Å². The highest BCUT2D eigenvalue weighted by atomic mass is 15.1. The van der Waals surface area contributed by atoms with Crippen molar-refractivity contribution in [2.45, 2.75) is 39.3 Å². The molecule has 1 N–H and O–H groups in total. The maximum absolute atomic E-state index is 3.69. The lowest BCUT2D eigenvalue weighted by atomic mass is 10.0. The molecule has 0 unspecified atom stereocenters. The fourth-order valence-corrected chi connectivity index (χ4v) is 3.08. The van der Waals surface area contributed by atoms with Gasteiger partial charge in [-0.3, -0.25) is 0 Å². The Bertz CT molecular complexity index is 403. The van der Waals surface area contributed by atoms with E-state index in [2.05, 4.69) is 67.3 Å². The third-order valence-electron chi connectivity index (χ3n) is 4.03. The summed E-state index contributed by atoms with van der Waals surface area (Å²) in [7, 11) is 4.22. The molecule has 0 saturated carbocycles. The van der Waals surface area contributed by atoms with Crippen molar-refractivity contribution in [1.82, 2.24) is 9.80 Å². The van der Waals surface area contributed by atoms with Crippen LogP contribution in [0.4, 0.5) is 5.69 Å². The van der Waals surface area contributed by atoms with Gasteiger partial charge in [-0.25, -0.2) is 0 Å². The molecule has 1 aromatic carbocycles. The quantitative estimate of drug-likeness (QED) is 0.867. The summed E-state index contributed by atoms with van der Waals surface area (Å²) in [4.78, 5) is 4.80. The van der Waals surface area contributed by atoms with Gasteiger partial charge in [0.15, 0.2) is 0 Å². The van der Waals surface area contributed by atoms with Gasteiger partial charge in [-0.15, -0.1) is 0 Å². The summed E-state index contributed by atoms with van der Waals surface area (Å²) in [6, 6.07) is 9.54. The molecule has 1 heterocycles. The molecule has 1 aliphatic heterocycles. The third kappa shape index (κ3) is 5.68. The molecule has 0 spiro atoms. The minimum absolute atomic E-state index is 0.633. The first kappa shape index (κ1) is 16.3. The average Bonchev–Trinajstić information content (AvgIpc) is 2.42. The zero-order valence-corrected chi connectivity index (χ0v) is 14.1. The lowest BCUT2D eigenvalue weighted by Crippen LogP contribution is -2.40. The van der Waals surface area contributed by atoms with Crippen LogP contribution in [0, 0.1) is 5.92 Å². The van der Waals surface area contributed by atoms with Gasteiger partial charge in [-0.1, -0.05) is 26.0 Å². The first-order chi connectivity index (χ1) is 10.0. The summed E-state index contributed by atoms with van der Waals surface area (Å²) in [5.41, 5.74) is 2.64. The lowest BCUT2D eigenvalue weighted by molar-refractivity contribution is 0.198. The second kappa shape index (κ2) is 7.81. The van der Waals surface area contributed by atoms with E-state index in [1.165, 1.54) is 43.7 Å². The van der Waals surface area contributed by atoms with Crippen LogP contribution in [0.2, 0.25) is 0 Å². The molecule has 2 rings (SSSR count). The van der Waals surface area contributed by atoms with Gasteiger partial charge in [-0.05, 0) is 50.6 Å². The molecule has 118 valence electrons. The van der Waals surface area contributed by atoms with E-state index in [1.54, 1.807) is 0 Å². The van der Waals surface area contributed by atoms with Gasteiger partial charge in [0, 0.05) is 37.9 Å². The van der Waals surface area contributed by atoms with E-state index in [-0.39, 0.29) is 0 Å². The summed E-state index contributed by atoms with van der Waals surface area (Å²) >= 11 is 0. The van der Waals surface area contributed by atoms with Crippen molar-refractivity contribution in [1.29, 1.82) is 0 Å². The number of likely N-dealkylation sites (tertiary alicyclic amines) is 1. The SMILES string of the molecule is CC(C)CN1CCC(Nc2ccc(CN(C)C)cc2)CC1. The number of anilines is 1. The predicted octanol–water partition coefficient (Wildman–Crippen LogP) is 3.28. The number of nitrogens with one attached hydrogen (secondary N) is 1. The molecule has 3 heteroatoms. The van der Waals surface area contributed by atoms with Crippen LogP contribution >= 0.6 is 0 Å². The Hall–Kier alpha value is -1.06. The number of hydrogen-bond donors (Lipinski definition) is 1. The fourth-order valence-electron chi connectivity index (χ4n) is 3.08. The number of rotatable bonds is 6. The van der Waals surface area contributed by atoms with Gasteiger partial charge >= 0.3 is 0 Å². The first-order valence-corrected chi connectivity index (χ1v) is 8.25. The van der Waals surface area contributed by atoms with Crippen LogP contribution in [-0.4, -0.2) is 49.6 Å². The van der Waals surface area contributed by atoms with Crippen molar-refractivity contribution in [3.63, 3.8) is 0 Å². The molecule has 0 amide bonds. The summed E-state index contributed by atoms with van der Waals surface area (Å²) < 4.78 is 0. The van der Waals surface area contributed by atoms with E-state index in [0.29, 0.717) is 6.04 Å². The summed E-state index contributed by atoms with van der Waals surface area (Å²) in [5, 5.41) is 3.69. The van der Waals surface area contributed by atoms with E-state index in [4.69, 9.17) is 0 Å². The Morgan fingerprint density at radius 3 is 2.29 bits per heavy atom. The van der Waals surface area contributed by atoms with Gasteiger partial charge in [0.2, 0.25) is 0 Å². The van der Waals surface area contributed by atoms with Crippen molar-refractivity contribution in [2.24, 2.45) is 5.92 Å². The molecule has 1 aliphatic rings. The highest BCUT2D eigenvalue weighted by molar-refractivity contribution is 5.45. The van der Waals surface area contributed by atoms with Crippen LogP contribution < -0.4 is 5.32 Å². The van der Waals surface area contributed by atoms with Crippen molar-refractivity contribution in [2.75, 3.05) is 39.0 Å². The molecule has 0 radical (unpaired) electrons. The monoisotopic (exact) mass is 289 g/mol. The highest BCUT2D eigenvalue weighted by Crippen LogP contribution is 2.18. The number of piperidine rings is 1. The summed E-state index contributed by atoms with van der Waals surface area (Å²) in [6.07, 6.45) is 2.51. The minimum Gasteiger partial charge on any atom is -0.382 e. The molecule has 1 fully saturated rings. The molecular formula is C18H31N3. The smallest absolute Gasteiger partial charge is 0.0342 e. The van der Waals surface area contributed by atoms with E-state index in [1.807, 2.05) is 0 Å². The molecular weight excluding hydrogens is 258 g/mol. The van der Waals surface area contributed by atoms with E-state index >= 15 is 0 Å². The van der Waals surface area contributed by atoms with Crippen LogP contribution in [0.5, 0.6) is 0 Å². The Kier molecular flexibility index (Phi) is 6.07. The second-order valence-electron chi connectivity index (χ2n) is 7.05. The Morgan fingerprint density at radius 1 is 1.14 bits per heavy atom. The van der Waals surface area contributed by atoms with Crippen LogP contribution in [-0.2, 0) is 6.54 Å². The zero-order chi connectivity index (χ0) is 15.2. The summed E-state index contributed by atoms with van der Waals surface area (Å²) in [5.74, 6) is 0.777. The zero-order valence-electron chi connectivity index (χ0n) is 14.1. The Balaban J connectivity index is 1.78. The van der Waals surface area contributed by atoms with Gasteiger partial charge in [-0.2, -0.15) is 0 Å². The Morgan fingerprint density at radius 2 is 1.76 bits per heavy atom. The minimum atomic E-state index is 0.633. The van der Waals surface area contributed by atoms with Crippen LogP contribution in [0.25, 0.3) is 0 Å². The molecule has 0 aromatic heterocycles. The normalized spacial score (nSPS) is 17.6. The number of benzene rings is 1. The topological polar surface area (TPSA) is 18.5 Å². The second-order valence-corrected chi connectivity index (χ2v) is 7.05. The fraction of sp³-hybridized carbons (Fsp3) is 0.667. The van der Waals surface area contributed by atoms with E-state index < -0.39 is 0 Å². The molecule has 21 heavy (non-hydrogen) atoms. The number of nitrogens with zero attached hydrogens (tertiary/aromatic N) is 2. The third-order valence-corrected chi connectivity index (χ3v) is 4.03. The predicted molar refractivity (Wildman–Crippen MR) is 91.8 cm³/mol. The number of hydrogen-bond acceptors (Lipinski definition) is 3. The molecule has 0 aliphatic carbocycles. The van der Waals surface area contributed by atoms with Crippen LogP contribution in [0.1, 0.15) is 32.3 Å². The van der Waals surface area contributed by atoms with E-state index in [0.717, 1.165) is 12.5 Å². The van der Waals surface area contributed by atoms with Crippen molar-refractivity contribution in [3.05, 3.63) is 29.8 Å². The molecule has 1 aromatic rings. The van der Waals surface area contributed by atoms with Crippen LogP contribution in [0.3, 0.4) is 0 Å². The van der Waals surface area contributed by atoms with Crippen molar-refractivity contribution >= 4 is 5.69 Å². The highest BCUT2D eigenvalue weighted by Gasteiger charge is 2.19. The van der Waals surface area contributed by atoms with Gasteiger partial charge < -0.3 is 15.1 Å². The standard InChI is InChI=1S/C18H31N3/c1-15(2)13-21-11-9-18(10-12-21)19-17-7-5-16(6-8-17)14-20(3)4/h5-8,15,18-19H,9-14H2,1-4H3. The molecule has 0 bridgehead atoms. The van der Waals surface area contributed by atoms with Gasteiger partial charge in [0.05, 0.1) is 0 Å². The molecule has 1 saturated heterocycles. The first-order valence-electron chi connectivity index (χ1n) is 8.25. The van der Waals surface area contributed by atoms with Gasteiger partial charge in [0.25, 0.3) is 0 Å². The average molecular weight is 289 g/mol. The molecule has 0 atom stereocenters. The van der Waals surface area contributed by atoms with E-state index in [9.17, 15) is 0 Å². The maximum Gasteiger partial charge on any atom is 0.0342 e. The largest absolute Gasteiger partial charge is 0.382 e. The Labute approximate surface area is 130 Å². The lowest BCUT2D eigenvalue weighted by Gasteiger charge is -2.33. The van der Waals surface area contributed by atoms with Crippen molar-refractivity contribution < 1.29 is 0 Å². The van der Waals surface area contributed by atoms with Crippen molar-refractivity contribution in [3.8, 4) is 0 Å². The maximum atomic E-state index is 3.69. The summed E-state index contributed by atoms with van der Waals surface area (Å²) in [6.45, 7) is 9.32. The van der Waals surface area contributed by atoms with Crippen LogP contribution in [0.15, 0.2) is 24.3 Å².